The first-order valence-corrected chi connectivity index (χ1v) is 8.63. The molecule has 1 heterocycles. The molecule has 0 fully saturated rings. The van der Waals surface area contributed by atoms with Crippen molar-refractivity contribution in [2.45, 2.75) is 6.92 Å². The monoisotopic (exact) mass is 372 g/mol. The summed E-state index contributed by atoms with van der Waals surface area (Å²) in [5, 5.41) is 13.8. The van der Waals surface area contributed by atoms with Crippen molar-refractivity contribution < 1.29 is 9.72 Å². The lowest BCUT2D eigenvalue weighted by atomic mass is 10.1. The van der Waals surface area contributed by atoms with Crippen LogP contribution in [-0.2, 0) is 0 Å². The van der Waals surface area contributed by atoms with Crippen LogP contribution in [0.4, 0.5) is 11.4 Å². The summed E-state index contributed by atoms with van der Waals surface area (Å²) < 4.78 is 0. The minimum absolute atomic E-state index is 0.0760. The van der Waals surface area contributed by atoms with Gasteiger partial charge in [0.15, 0.2) is 0 Å². The predicted octanol–water partition coefficient (Wildman–Crippen LogP) is 4.70. The third-order valence-electron chi connectivity index (χ3n) is 4.55. The van der Waals surface area contributed by atoms with Gasteiger partial charge in [-0.05, 0) is 49.4 Å². The van der Waals surface area contributed by atoms with E-state index in [0.717, 1.165) is 22.4 Å². The summed E-state index contributed by atoms with van der Waals surface area (Å²) in [7, 11) is 0. The van der Waals surface area contributed by atoms with Gasteiger partial charge in [-0.2, -0.15) is 0 Å². The number of hydrogen-bond acceptors (Lipinski definition) is 4. The van der Waals surface area contributed by atoms with E-state index in [9.17, 15) is 14.9 Å². The number of nitro groups is 1. The Balaban J connectivity index is 1.56. The molecule has 0 aliphatic carbocycles. The molecule has 1 aromatic heterocycles. The van der Waals surface area contributed by atoms with Crippen molar-refractivity contribution in [3.8, 4) is 11.4 Å². The van der Waals surface area contributed by atoms with E-state index in [-0.39, 0.29) is 11.3 Å². The summed E-state index contributed by atoms with van der Waals surface area (Å²) in [4.78, 5) is 30.9. The second kappa shape index (κ2) is 6.96. The van der Waals surface area contributed by atoms with Crippen LogP contribution < -0.4 is 5.32 Å². The van der Waals surface area contributed by atoms with Gasteiger partial charge in [0.1, 0.15) is 5.82 Å². The molecule has 0 aliphatic rings. The number of imidazole rings is 1. The second-order valence-electron chi connectivity index (χ2n) is 6.34. The van der Waals surface area contributed by atoms with Crippen molar-refractivity contribution >= 4 is 28.3 Å². The van der Waals surface area contributed by atoms with Crippen molar-refractivity contribution in [2.75, 3.05) is 5.32 Å². The van der Waals surface area contributed by atoms with Crippen molar-refractivity contribution in [1.29, 1.82) is 0 Å². The maximum absolute atomic E-state index is 12.5. The number of para-hydroxylation sites is 2. The fraction of sp³-hybridized carbons (Fsp3) is 0.0476. The number of benzene rings is 3. The van der Waals surface area contributed by atoms with E-state index in [1.165, 1.54) is 12.1 Å². The average molecular weight is 372 g/mol. The summed E-state index contributed by atoms with van der Waals surface area (Å²) >= 11 is 0. The van der Waals surface area contributed by atoms with Gasteiger partial charge < -0.3 is 10.3 Å². The van der Waals surface area contributed by atoms with Gasteiger partial charge in [-0.1, -0.05) is 18.2 Å². The van der Waals surface area contributed by atoms with Crippen LogP contribution in [0.3, 0.4) is 0 Å². The van der Waals surface area contributed by atoms with Gasteiger partial charge in [0.25, 0.3) is 11.6 Å². The van der Waals surface area contributed by atoms with Gasteiger partial charge in [0, 0.05) is 28.4 Å². The van der Waals surface area contributed by atoms with E-state index in [1.54, 1.807) is 25.1 Å². The molecule has 0 atom stereocenters. The van der Waals surface area contributed by atoms with Crippen LogP contribution in [0, 0.1) is 17.0 Å². The Hall–Kier alpha value is -4.00. The Labute approximate surface area is 160 Å². The quantitative estimate of drug-likeness (QED) is 0.400. The van der Waals surface area contributed by atoms with Crippen LogP contribution in [-0.4, -0.2) is 20.8 Å². The molecule has 1 amide bonds. The Morgan fingerprint density at radius 1 is 1.04 bits per heavy atom. The predicted molar refractivity (Wildman–Crippen MR) is 107 cm³/mol. The van der Waals surface area contributed by atoms with E-state index < -0.39 is 10.8 Å². The van der Waals surface area contributed by atoms with Crippen LogP contribution in [0.1, 0.15) is 15.9 Å². The Bertz CT molecular complexity index is 1160. The molecule has 0 radical (unpaired) electrons. The molecular formula is C21H16N4O3. The highest BCUT2D eigenvalue weighted by molar-refractivity contribution is 6.05. The largest absolute Gasteiger partial charge is 0.338 e. The summed E-state index contributed by atoms with van der Waals surface area (Å²) in [5.74, 6) is 0.353. The molecular weight excluding hydrogens is 356 g/mol. The number of aromatic amines is 1. The van der Waals surface area contributed by atoms with Gasteiger partial charge in [-0.25, -0.2) is 4.98 Å². The van der Waals surface area contributed by atoms with Crippen LogP contribution in [0.25, 0.3) is 22.4 Å². The van der Waals surface area contributed by atoms with Crippen molar-refractivity contribution in [3.63, 3.8) is 0 Å². The summed E-state index contributed by atoms with van der Waals surface area (Å²) in [6.07, 6.45) is 0. The molecule has 0 unspecified atom stereocenters. The third-order valence-corrected chi connectivity index (χ3v) is 4.55. The van der Waals surface area contributed by atoms with E-state index in [0.29, 0.717) is 11.3 Å². The van der Waals surface area contributed by atoms with Gasteiger partial charge in [-0.15, -0.1) is 0 Å². The minimum atomic E-state index is -0.492. The van der Waals surface area contributed by atoms with Crippen LogP contribution in [0.15, 0.2) is 66.7 Å². The topological polar surface area (TPSA) is 101 Å². The highest BCUT2D eigenvalue weighted by Gasteiger charge is 2.18. The lowest BCUT2D eigenvalue weighted by Gasteiger charge is -2.08. The standard InChI is InChI=1S/C21H16N4O3/c1-13-16(5-4-8-19(13)25(27)28)21(26)22-15-11-9-14(10-12-15)20-23-17-6-2-3-7-18(17)24-20/h2-12H,1H3,(H,22,26)(H,23,24). The van der Waals surface area contributed by atoms with Gasteiger partial charge >= 0.3 is 0 Å². The average Bonchev–Trinajstić information content (AvgIpc) is 3.12. The van der Waals surface area contributed by atoms with E-state index in [4.69, 9.17) is 0 Å². The number of carbonyl (C=O) groups is 1. The summed E-state index contributed by atoms with van der Waals surface area (Å²) in [5.41, 5.74) is 3.86. The number of hydrogen-bond donors (Lipinski definition) is 2. The summed E-state index contributed by atoms with van der Waals surface area (Å²) in [6, 6.07) is 19.5. The molecule has 4 aromatic rings. The fourth-order valence-electron chi connectivity index (χ4n) is 3.07. The van der Waals surface area contributed by atoms with Crippen molar-refractivity contribution in [2.24, 2.45) is 0 Å². The molecule has 3 aromatic carbocycles. The first-order valence-electron chi connectivity index (χ1n) is 8.63. The molecule has 2 N–H and O–H groups in total. The number of aromatic nitrogens is 2. The molecule has 7 nitrogen and oxygen atoms in total. The van der Waals surface area contributed by atoms with Crippen LogP contribution in [0.5, 0.6) is 0 Å². The van der Waals surface area contributed by atoms with Gasteiger partial charge in [-0.3, -0.25) is 14.9 Å². The highest BCUT2D eigenvalue weighted by atomic mass is 16.6. The molecule has 7 heteroatoms. The highest BCUT2D eigenvalue weighted by Crippen LogP contribution is 2.24. The first kappa shape index (κ1) is 17.4. The third kappa shape index (κ3) is 3.21. The number of nitrogens with zero attached hydrogens (tertiary/aromatic N) is 2. The van der Waals surface area contributed by atoms with Crippen molar-refractivity contribution in [3.05, 3.63) is 88.0 Å². The number of amides is 1. The lowest BCUT2D eigenvalue weighted by Crippen LogP contribution is -2.14. The molecule has 28 heavy (non-hydrogen) atoms. The van der Waals surface area contributed by atoms with Crippen LogP contribution >= 0.6 is 0 Å². The number of rotatable bonds is 4. The zero-order chi connectivity index (χ0) is 19.7. The number of anilines is 1. The lowest BCUT2D eigenvalue weighted by molar-refractivity contribution is -0.385. The molecule has 0 saturated heterocycles. The number of fused-ring (bicyclic) bond motifs is 1. The SMILES string of the molecule is Cc1c(C(=O)Nc2ccc(-c3nc4ccccc4[nH]3)cc2)cccc1[N+](=O)[O-]. The first-order chi connectivity index (χ1) is 13.5. The van der Waals surface area contributed by atoms with Crippen LogP contribution in [0.2, 0.25) is 0 Å². The number of H-pyrrole nitrogens is 1. The summed E-state index contributed by atoms with van der Waals surface area (Å²) in [6.45, 7) is 1.57. The molecule has 0 spiro atoms. The van der Waals surface area contributed by atoms with Gasteiger partial charge in [0.05, 0.1) is 16.0 Å². The van der Waals surface area contributed by atoms with E-state index in [2.05, 4.69) is 15.3 Å². The van der Waals surface area contributed by atoms with E-state index in [1.807, 2.05) is 36.4 Å². The van der Waals surface area contributed by atoms with Crippen molar-refractivity contribution in [1.82, 2.24) is 9.97 Å². The molecule has 4 rings (SSSR count). The number of carbonyl (C=O) groups excluding carboxylic acids is 1. The fourth-order valence-corrected chi connectivity index (χ4v) is 3.07. The zero-order valence-corrected chi connectivity index (χ0v) is 15.0. The maximum Gasteiger partial charge on any atom is 0.273 e. The Morgan fingerprint density at radius 3 is 2.50 bits per heavy atom. The maximum atomic E-state index is 12.5. The van der Waals surface area contributed by atoms with E-state index >= 15 is 0 Å². The molecule has 0 saturated carbocycles. The Morgan fingerprint density at radius 2 is 1.79 bits per heavy atom. The molecule has 138 valence electrons. The molecule has 0 aliphatic heterocycles. The smallest absolute Gasteiger partial charge is 0.273 e. The minimum Gasteiger partial charge on any atom is -0.338 e. The zero-order valence-electron chi connectivity index (χ0n) is 15.0. The normalized spacial score (nSPS) is 10.8. The number of nitro benzene ring substituents is 1. The second-order valence-corrected chi connectivity index (χ2v) is 6.34. The van der Waals surface area contributed by atoms with Gasteiger partial charge in [0.2, 0.25) is 0 Å². The Kier molecular flexibility index (Phi) is 4.33. The number of nitrogens with one attached hydrogen (secondary N) is 2. The molecule has 0 bridgehead atoms.